The lowest BCUT2D eigenvalue weighted by Gasteiger charge is -2.31. The normalized spacial score (nSPS) is 37.5. The van der Waals surface area contributed by atoms with Gasteiger partial charge in [0.1, 0.15) is 18.3 Å². The predicted molar refractivity (Wildman–Crippen MR) is 179 cm³/mol. The third-order valence-electron chi connectivity index (χ3n) is 11.2. The van der Waals surface area contributed by atoms with Crippen LogP contribution in [0.4, 0.5) is 0 Å². The molecule has 264 valence electrons. The molecule has 10 atom stereocenters. The van der Waals surface area contributed by atoms with Crippen molar-refractivity contribution in [3.63, 3.8) is 0 Å². The Bertz CT molecular complexity index is 1640. The lowest BCUT2D eigenvalue weighted by Crippen LogP contribution is -2.43. The summed E-state index contributed by atoms with van der Waals surface area (Å²) in [5.41, 5.74) is -1.87. The van der Waals surface area contributed by atoms with E-state index in [2.05, 4.69) is 0 Å². The lowest BCUT2D eigenvalue weighted by atomic mass is 9.80. The number of carbonyl (C=O) groups is 5. The van der Waals surface area contributed by atoms with Crippen LogP contribution in [0.25, 0.3) is 0 Å². The summed E-state index contributed by atoms with van der Waals surface area (Å²) in [5, 5.41) is 0. The Labute approximate surface area is 288 Å². The van der Waals surface area contributed by atoms with Crippen LogP contribution in [0.2, 0.25) is 0 Å². The molecule has 0 amide bonds. The molecule has 3 fully saturated rings. The molecule has 5 rings (SSSR count). The molecular formula is C39H48O10. The summed E-state index contributed by atoms with van der Waals surface area (Å²) in [4.78, 5) is 67.7. The summed E-state index contributed by atoms with van der Waals surface area (Å²) < 4.78 is 31.1. The SMILES string of the molecule is C/C=C(\C)C(=O)O[C@H]1[C@H]2[C@@H]([C@H](OC(C)=O)[C@@H](C)C(=O)[C@@]34C[C@H](C)[C@H](OC(=O)/C(C)=C/C)[C@]3(/C=C(\C)[C@H]1OC(=O)c1ccccc1)O4)C2(C)C. The van der Waals surface area contributed by atoms with Gasteiger partial charge in [0.25, 0.3) is 0 Å². The highest BCUT2D eigenvalue weighted by molar-refractivity contribution is 5.96. The molecule has 1 aromatic carbocycles. The molecule has 49 heavy (non-hydrogen) atoms. The van der Waals surface area contributed by atoms with Crippen LogP contribution < -0.4 is 0 Å². The lowest BCUT2D eigenvalue weighted by molar-refractivity contribution is -0.157. The molecule has 1 heterocycles. The molecule has 0 bridgehead atoms. The average Bonchev–Trinajstić information content (AvgIpc) is 3.86. The molecule has 10 nitrogen and oxygen atoms in total. The Kier molecular flexibility index (Phi) is 9.62. The number of ether oxygens (including phenoxy) is 5. The molecule has 1 aliphatic heterocycles. The fourth-order valence-electron chi connectivity index (χ4n) is 8.26. The molecule has 0 N–H and O–H groups in total. The van der Waals surface area contributed by atoms with Crippen molar-refractivity contribution >= 4 is 29.7 Å². The van der Waals surface area contributed by atoms with Crippen molar-refractivity contribution in [1.29, 1.82) is 0 Å². The minimum Gasteiger partial charge on any atom is -0.461 e. The van der Waals surface area contributed by atoms with Gasteiger partial charge < -0.3 is 23.7 Å². The number of Topliss-reactive ketones (excluding diaryl/α,β-unsaturated/α-hetero) is 1. The summed E-state index contributed by atoms with van der Waals surface area (Å²) >= 11 is 0. The molecule has 1 saturated heterocycles. The number of esters is 4. The molecule has 1 aromatic rings. The largest absolute Gasteiger partial charge is 0.461 e. The van der Waals surface area contributed by atoms with Gasteiger partial charge in [-0.3, -0.25) is 9.59 Å². The first-order valence-electron chi connectivity index (χ1n) is 17.0. The fourth-order valence-corrected chi connectivity index (χ4v) is 8.26. The molecule has 0 aromatic heterocycles. The van der Waals surface area contributed by atoms with Gasteiger partial charge in [-0.1, -0.05) is 58.0 Å². The maximum Gasteiger partial charge on any atom is 0.338 e. The van der Waals surface area contributed by atoms with Crippen LogP contribution in [0.15, 0.2) is 65.3 Å². The molecule has 10 heteroatoms. The zero-order chi connectivity index (χ0) is 36.2. The van der Waals surface area contributed by atoms with Crippen LogP contribution in [0.3, 0.4) is 0 Å². The van der Waals surface area contributed by atoms with Crippen LogP contribution >= 0.6 is 0 Å². The quantitative estimate of drug-likeness (QED) is 0.113. The van der Waals surface area contributed by atoms with E-state index in [0.29, 0.717) is 22.3 Å². The second-order valence-corrected chi connectivity index (χ2v) is 14.7. The van der Waals surface area contributed by atoms with Gasteiger partial charge in [0.2, 0.25) is 0 Å². The molecular weight excluding hydrogens is 628 g/mol. The topological polar surface area (TPSA) is 135 Å². The standard InChI is InChI=1S/C39H48O10/c1-11-20(3)34(42)47-31-28-27(37(28,9)10)30(45-25(8)40)24(7)32(41)38-19-23(6)33(48-35(43)21(4)12-2)39(38,49-38)18-22(5)29(31)46-36(44)26-16-14-13-15-17-26/h11-18,23-24,27-31,33H,19H2,1-10H3/b20-11+,21-12+,22-18+/t23-,24+,27-,28+,29+,30+,31-,33-,38-,39-/m0/s1. The van der Waals surface area contributed by atoms with Gasteiger partial charge in [0.15, 0.2) is 23.1 Å². The minimum absolute atomic E-state index is 0.254. The summed E-state index contributed by atoms with van der Waals surface area (Å²) in [6, 6.07) is 8.48. The second-order valence-electron chi connectivity index (χ2n) is 14.7. The van der Waals surface area contributed by atoms with Gasteiger partial charge in [0, 0.05) is 29.9 Å². The molecule has 0 spiro atoms. The number of rotatable bonds is 7. The van der Waals surface area contributed by atoms with Crippen LogP contribution in [0.1, 0.15) is 86.0 Å². The molecule has 0 unspecified atom stereocenters. The highest BCUT2D eigenvalue weighted by atomic mass is 16.7. The average molecular weight is 677 g/mol. The summed E-state index contributed by atoms with van der Waals surface area (Å²) in [7, 11) is 0. The smallest absolute Gasteiger partial charge is 0.338 e. The van der Waals surface area contributed by atoms with Gasteiger partial charge in [-0.05, 0) is 76.2 Å². The van der Waals surface area contributed by atoms with Crippen LogP contribution in [-0.2, 0) is 42.9 Å². The Balaban J connectivity index is 1.73. The number of fused-ring (bicyclic) bond motifs is 1. The number of hydrogen-bond donors (Lipinski definition) is 0. The van der Waals surface area contributed by atoms with E-state index >= 15 is 0 Å². The van der Waals surface area contributed by atoms with Crippen molar-refractivity contribution in [2.75, 3.05) is 0 Å². The maximum absolute atomic E-state index is 14.7. The first-order valence-corrected chi connectivity index (χ1v) is 17.0. The number of hydrogen-bond acceptors (Lipinski definition) is 10. The third kappa shape index (κ3) is 6.06. The third-order valence-corrected chi connectivity index (χ3v) is 11.2. The molecule has 0 radical (unpaired) electrons. The number of carbonyl (C=O) groups excluding carboxylic acids is 5. The monoisotopic (exact) mass is 676 g/mol. The van der Waals surface area contributed by atoms with Crippen LogP contribution in [-0.4, -0.2) is 65.3 Å². The predicted octanol–water partition coefficient (Wildman–Crippen LogP) is 5.88. The molecule has 2 saturated carbocycles. The van der Waals surface area contributed by atoms with E-state index < -0.39 is 82.7 Å². The number of allylic oxidation sites excluding steroid dienone is 2. The zero-order valence-corrected chi connectivity index (χ0v) is 30.0. The maximum atomic E-state index is 14.7. The number of benzene rings is 1. The summed E-state index contributed by atoms with van der Waals surface area (Å²) in [6.07, 6.45) is 1.31. The first kappa shape index (κ1) is 36.2. The Morgan fingerprint density at radius 1 is 0.837 bits per heavy atom. The van der Waals surface area contributed by atoms with Crippen molar-refractivity contribution in [1.82, 2.24) is 0 Å². The van der Waals surface area contributed by atoms with Crippen molar-refractivity contribution in [2.45, 2.75) is 111 Å². The van der Waals surface area contributed by atoms with Crippen LogP contribution in [0.5, 0.6) is 0 Å². The molecule has 3 aliphatic carbocycles. The van der Waals surface area contributed by atoms with E-state index in [0.717, 1.165) is 0 Å². The Morgan fingerprint density at radius 3 is 1.98 bits per heavy atom. The van der Waals surface area contributed by atoms with E-state index in [1.54, 1.807) is 90.1 Å². The van der Waals surface area contributed by atoms with Crippen molar-refractivity contribution in [3.05, 3.63) is 70.8 Å². The van der Waals surface area contributed by atoms with Crippen LogP contribution in [0, 0.1) is 29.1 Å². The van der Waals surface area contributed by atoms with E-state index in [4.69, 9.17) is 23.7 Å². The van der Waals surface area contributed by atoms with Gasteiger partial charge in [0.05, 0.1) is 11.5 Å². The second kappa shape index (κ2) is 13.0. The van der Waals surface area contributed by atoms with E-state index in [1.165, 1.54) is 6.92 Å². The Hall–Kier alpha value is -4.05. The molecule has 4 aliphatic rings. The number of ketones is 1. The van der Waals surface area contributed by atoms with Crippen molar-refractivity contribution in [3.8, 4) is 0 Å². The summed E-state index contributed by atoms with van der Waals surface area (Å²) in [5.74, 6) is -4.65. The van der Waals surface area contributed by atoms with E-state index in [1.807, 2.05) is 20.8 Å². The number of epoxide rings is 1. The zero-order valence-electron chi connectivity index (χ0n) is 30.0. The van der Waals surface area contributed by atoms with Gasteiger partial charge in [-0.25, -0.2) is 14.4 Å². The van der Waals surface area contributed by atoms with Gasteiger partial charge in [-0.2, -0.15) is 0 Å². The van der Waals surface area contributed by atoms with E-state index in [9.17, 15) is 24.0 Å². The highest BCUT2D eigenvalue weighted by Gasteiger charge is 2.84. The Morgan fingerprint density at radius 2 is 1.41 bits per heavy atom. The first-order chi connectivity index (χ1) is 23.0. The fraction of sp³-hybridized carbons (Fsp3) is 0.564. The van der Waals surface area contributed by atoms with Gasteiger partial charge in [-0.15, -0.1) is 0 Å². The van der Waals surface area contributed by atoms with Gasteiger partial charge >= 0.3 is 23.9 Å². The minimum atomic E-state index is -1.40. The summed E-state index contributed by atoms with van der Waals surface area (Å²) in [6.45, 7) is 17.3. The van der Waals surface area contributed by atoms with Crippen molar-refractivity contribution < 1.29 is 47.7 Å². The van der Waals surface area contributed by atoms with Crippen molar-refractivity contribution in [2.24, 2.45) is 29.1 Å². The highest BCUT2D eigenvalue weighted by Crippen LogP contribution is 2.69. The van der Waals surface area contributed by atoms with E-state index in [-0.39, 0.29) is 18.1 Å².